The summed E-state index contributed by atoms with van der Waals surface area (Å²) in [4.78, 5) is 108. The van der Waals surface area contributed by atoms with Crippen LogP contribution in [0.1, 0.15) is 101 Å². The number of aromatic hydroxyl groups is 2. The highest BCUT2D eigenvalue weighted by atomic mass is 35.5. The van der Waals surface area contributed by atoms with E-state index >= 15 is 0 Å². The second-order valence-electron chi connectivity index (χ2n) is 18.2. The zero-order chi connectivity index (χ0) is 56.6. The smallest absolute Gasteiger partial charge is 0.340 e. The average Bonchev–Trinajstić information content (AvgIpc) is 3.87. The van der Waals surface area contributed by atoms with Gasteiger partial charge in [-0.1, -0.05) is 64.6 Å². The first-order chi connectivity index (χ1) is 36.9. The fourth-order valence-corrected chi connectivity index (χ4v) is 10.3. The van der Waals surface area contributed by atoms with Crippen LogP contribution in [-0.2, 0) is 9.47 Å². The maximum atomic E-state index is 14.1. The monoisotopic (exact) mass is 1140 g/mol. The predicted octanol–water partition coefficient (Wildman–Crippen LogP) is 9.46. The van der Waals surface area contributed by atoms with Crippen molar-refractivity contribution in [3.05, 3.63) is 161 Å². The van der Waals surface area contributed by atoms with Crippen molar-refractivity contribution in [2.75, 3.05) is 51.0 Å². The van der Waals surface area contributed by atoms with Gasteiger partial charge >= 0.3 is 35.8 Å². The number of carbonyl (C=O) groups is 8. The molecular formula is C54H42Cl4N4O16. The number of nitrogens with one attached hydrogen (secondary N) is 2. The number of carboxylic acids is 4. The minimum atomic E-state index is -1.67. The fourth-order valence-electron chi connectivity index (χ4n) is 9.14. The Balaban J connectivity index is 1.10. The molecular weight excluding hydrogens is 1100 g/mol. The minimum absolute atomic E-state index is 0.124. The summed E-state index contributed by atoms with van der Waals surface area (Å²) < 4.78 is 11.7. The SMILES string of the molecule is CN1CCC(OC(=O)c2ccc(-c3cc(C4CN(C)C4COC(=O)c4ccc(-c5ccc(Cl)cc5Cl)cc4NC(=O)c4cc(C(=O)O)c(O)cc4C(=O)O)c(Cl)cc3Cl)cc2NC(=O)c2cc(C(=O)O)c(O)cc2C(=O)O)C1. The van der Waals surface area contributed by atoms with Gasteiger partial charge in [-0.25, -0.2) is 28.8 Å². The zero-order valence-corrected chi connectivity index (χ0v) is 43.6. The van der Waals surface area contributed by atoms with E-state index < -0.39 is 111 Å². The summed E-state index contributed by atoms with van der Waals surface area (Å²) in [5, 5.41) is 65.4. The second-order valence-corrected chi connectivity index (χ2v) is 19.9. The summed E-state index contributed by atoms with van der Waals surface area (Å²) in [6.07, 6.45) is 0.0320. The maximum Gasteiger partial charge on any atom is 0.340 e. The van der Waals surface area contributed by atoms with Crippen LogP contribution in [0.25, 0.3) is 22.3 Å². The molecule has 6 aromatic carbocycles. The van der Waals surface area contributed by atoms with Crippen molar-refractivity contribution in [1.82, 2.24) is 9.80 Å². The molecule has 2 fully saturated rings. The molecule has 20 nitrogen and oxygen atoms in total. The number of hydrogen-bond donors (Lipinski definition) is 8. The number of carboxylic acid groups (broad SMARTS) is 4. The lowest BCUT2D eigenvalue weighted by atomic mass is 9.82. The van der Waals surface area contributed by atoms with Crippen LogP contribution in [0.15, 0.2) is 91.0 Å². The molecule has 3 unspecified atom stereocenters. The number of amides is 2. The number of ether oxygens (including phenoxy) is 2. The second kappa shape index (κ2) is 22.8. The lowest BCUT2D eigenvalue weighted by Crippen LogP contribution is -2.54. The standard InChI is InChI=1S/C54H42Cl4N4O16/c1-61-10-9-26(20-61)78-54(76)29-7-4-24(12-43(29)60-48(66)33-16-37(52(73)74)46(64)18-35(33)50(69)70)30-14-31(41(58)19-40(30)57)38-21-62(2)44(38)22-77-53(75)28-6-3-23(27-8-5-25(55)13-39(27)56)11-42(28)59-47(65)32-15-36(51(71)72)45(63)17-34(32)49(67)68/h3-8,11-19,26,38,44,63-64H,9-10,20-22H2,1-2H3,(H,59,65)(H,60,66)(H,67,68)(H,69,70)(H,71,72)(H,73,74). The number of hydrogen-bond acceptors (Lipinski definition) is 14. The van der Waals surface area contributed by atoms with Gasteiger partial charge in [-0.3, -0.25) is 14.5 Å². The lowest BCUT2D eigenvalue weighted by Gasteiger charge is -2.46. The Morgan fingerprint density at radius 1 is 0.551 bits per heavy atom. The molecule has 3 atom stereocenters. The Morgan fingerprint density at radius 3 is 1.55 bits per heavy atom. The Hall–Kier alpha value is -8.24. The molecule has 2 heterocycles. The summed E-state index contributed by atoms with van der Waals surface area (Å²) >= 11 is 26.4. The van der Waals surface area contributed by atoms with Gasteiger partial charge in [0.2, 0.25) is 0 Å². The number of likely N-dealkylation sites (N-methyl/N-ethyl adjacent to an activating group) is 2. The van der Waals surface area contributed by atoms with E-state index in [1.807, 2.05) is 16.8 Å². The first-order valence-corrected chi connectivity index (χ1v) is 24.7. The quantitative estimate of drug-likeness (QED) is 0.0418. The molecule has 402 valence electrons. The molecule has 0 aromatic heterocycles. The first-order valence-electron chi connectivity index (χ1n) is 23.2. The maximum absolute atomic E-state index is 14.1. The molecule has 8 N–H and O–H groups in total. The molecule has 2 amide bonds. The molecule has 2 aliphatic heterocycles. The zero-order valence-electron chi connectivity index (χ0n) is 40.6. The van der Waals surface area contributed by atoms with Crippen molar-refractivity contribution in [2.24, 2.45) is 0 Å². The van der Waals surface area contributed by atoms with Crippen molar-refractivity contribution in [2.45, 2.75) is 24.5 Å². The summed E-state index contributed by atoms with van der Waals surface area (Å²) in [7, 11) is 3.61. The predicted molar refractivity (Wildman–Crippen MR) is 285 cm³/mol. The molecule has 24 heteroatoms. The van der Waals surface area contributed by atoms with E-state index in [0.717, 1.165) is 0 Å². The molecule has 0 saturated carbocycles. The largest absolute Gasteiger partial charge is 0.507 e. The average molecular weight is 1140 g/mol. The summed E-state index contributed by atoms with van der Waals surface area (Å²) in [6, 6.07) is 18.3. The van der Waals surface area contributed by atoms with Gasteiger partial charge in [0.1, 0.15) is 35.3 Å². The highest BCUT2D eigenvalue weighted by Gasteiger charge is 2.40. The number of aromatic carboxylic acids is 4. The number of carbonyl (C=O) groups excluding carboxylic acids is 4. The normalized spacial score (nSPS) is 16.2. The van der Waals surface area contributed by atoms with Crippen molar-refractivity contribution >= 4 is 105 Å². The first kappa shape index (κ1) is 56.0. The van der Waals surface area contributed by atoms with Crippen LogP contribution in [0.2, 0.25) is 20.1 Å². The van der Waals surface area contributed by atoms with Crippen LogP contribution < -0.4 is 10.6 Å². The van der Waals surface area contributed by atoms with Crippen LogP contribution in [0.3, 0.4) is 0 Å². The third kappa shape index (κ3) is 11.7. The van der Waals surface area contributed by atoms with Gasteiger partial charge in [0.05, 0.1) is 50.8 Å². The van der Waals surface area contributed by atoms with E-state index in [0.29, 0.717) is 83.2 Å². The van der Waals surface area contributed by atoms with Crippen LogP contribution in [0, 0.1) is 0 Å². The molecule has 6 aromatic rings. The van der Waals surface area contributed by atoms with Crippen molar-refractivity contribution < 1.29 is 78.5 Å². The number of halogens is 4. The van der Waals surface area contributed by atoms with Gasteiger partial charge in [0, 0.05) is 56.8 Å². The Labute approximate surface area is 461 Å². The van der Waals surface area contributed by atoms with E-state index in [1.54, 1.807) is 25.2 Å². The molecule has 2 aliphatic rings. The summed E-state index contributed by atoms with van der Waals surface area (Å²) in [5.41, 5.74) is -3.05. The Kier molecular flexibility index (Phi) is 16.3. The number of rotatable bonds is 16. The van der Waals surface area contributed by atoms with E-state index in [9.17, 15) is 69.0 Å². The number of phenols is 2. The van der Waals surface area contributed by atoms with E-state index in [-0.39, 0.29) is 44.2 Å². The van der Waals surface area contributed by atoms with Crippen molar-refractivity contribution in [3.63, 3.8) is 0 Å². The molecule has 78 heavy (non-hydrogen) atoms. The van der Waals surface area contributed by atoms with E-state index in [4.69, 9.17) is 55.9 Å². The number of anilines is 2. The number of esters is 2. The number of benzene rings is 6. The van der Waals surface area contributed by atoms with Gasteiger partial charge in [-0.2, -0.15) is 0 Å². The third-order valence-electron chi connectivity index (χ3n) is 13.2. The van der Waals surface area contributed by atoms with E-state index in [1.165, 1.54) is 48.5 Å². The van der Waals surface area contributed by atoms with Gasteiger partial charge in [-0.15, -0.1) is 0 Å². The Morgan fingerprint density at radius 2 is 1.06 bits per heavy atom. The molecule has 0 bridgehead atoms. The Bertz CT molecular complexity index is 3550. The van der Waals surface area contributed by atoms with Crippen LogP contribution >= 0.6 is 46.4 Å². The molecule has 8 rings (SSSR count). The molecule has 0 aliphatic carbocycles. The minimum Gasteiger partial charge on any atom is -0.507 e. The highest BCUT2D eigenvalue weighted by molar-refractivity contribution is 6.37. The lowest BCUT2D eigenvalue weighted by molar-refractivity contribution is 0.00708. The third-order valence-corrected chi connectivity index (χ3v) is 14.4. The topological polar surface area (TPSA) is 307 Å². The van der Waals surface area contributed by atoms with Crippen LogP contribution in [0.5, 0.6) is 11.5 Å². The summed E-state index contributed by atoms with van der Waals surface area (Å²) in [5.74, 6) is -12.9. The van der Waals surface area contributed by atoms with Gasteiger partial charge in [0.25, 0.3) is 11.8 Å². The summed E-state index contributed by atoms with van der Waals surface area (Å²) in [6.45, 7) is 1.21. The molecule has 2 saturated heterocycles. The van der Waals surface area contributed by atoms with E-state index in [2.05, 4.69) is 10.6 Å². The van der Waals surface area contributed by atoms with Gasteiger partial charge < -0.3 is 55.6 Å². The van der Waals surface area contributed by atoms with Crippen LogP contribution in [-0.4, -0.2) is 141 Å². The number of nitrogens with zero attached hydrogens (tertiary/aromatic N) is 2. The fraction of sp³-hybridized carbons (Fsp3) is 0.185. The number of likely N-dealkylation sites (tertiary alicyclic amines) is 2. The van der Waals surface area contributed by atoms with Crippen LogP contribution in [0.4, 0.5) is 11.4 Å². The highest BCUT2D eigenvalue weighted by Crippen LogP contribution is 2.43. The van der Waals surface area contributed by atoms with Crippen molar-refractivity contribution in [3.8, 4) is 33.8 Å². The van der Waals surface area contributed by atoms with Gasteiger partial charge in [0.15, 0.2) is 0 Å². The molecule has 0 radical (unpaired) electrons. The molecule has 0 spiro atoms. The van der Waals surface area contributed by atoms with Gasteiger partial charge in [-0.05, 0) is 110 Å². The van der Waals surface area contributed by atoms with Crippen molar-refractivity contribution in [1.29, 1.82) is 0 Å².